The smallest absolute Gasteiger partial charge is 0.247 e. The van der Waals surface area contributed by atoms with Gasteiger partial charge in [-0.1, -0.05) is 33.6 Å². The van der Waals surface area contributed by atoms with E-state index in [1.807, 2.05) is 6.92 Å². The number of carbonyl (C=O) groups is 1. The summed E-state index contributed by atoms with van der Waals surface area (Å²) in [6.45, 7) is 5.71. The highest BCUT2D eigenvalue weighted by Crippen LogP contribution is 2.16. The molecule has 0 amide bonds. The Kier molecular flexibility index (Phi) is 4.08. The molecule has 0 rings (SSSR count). The van der Waals surface area contributed by atoms with Gasteiger partial charge in [0.15, 0.2) is 0 Å². The van der Waals surface area contributed by atoms with Crippen LogP contribution in [0.4, 0.5) is 0 Å². The number of hydrogen-bond donors (Lipinski definition) is 0. The molecule has 0 aromatic carbocycles. The van der Waals surface area contributed by atoms with Gasteiger partial charge in [0, 0.05) is 0 Å². The average Bonchev–Trinajstić information content (AvgIpc) is 1.87. The zero-order chi connectivity index (χ0) is 8.15. The molecule has 2 unspecified atom stereocenters. The lowest BCUT2D eigenvalue weighted by Crippen LogP contribution is -2.16. The van der Waals surface area contributed by atoms with Gasteiger partial charge in [0.05, 0.1) is 5.92 Å². The van der Waals surface area contributed by atoms with Crippen molar-refractivity contribution in [2.75, 3.05) is 0 Å². The van der Waals surface area contributed by atoms with E-state index in [4.69, 9.17) is 0 Å². The molecule has 0 bridgehead atoms. The van der Waals surface area contributed by atoms with Crippen molar-refractivity contribution in [1.82, 2.24) is 0 Å². The third-order valence-electron chi connectivity index (χ3n) is 1.97. The summed E-state index contributed by atoms with van der Waals surface area (Å²) in [6, 6.07) is 0. The molecule has 2 atom stereocenters. The Morgan fingerprint density at radius 1 is 1.40 bits per heavy atom. The molecule has 1 radical (unpaired) electrons. The second kappa shape index (κ2) is 4.31. The molecule has 0 aromatic heterocycles. The van der Waals surface area contributed by atoms with Crippen LogP contribution in [-0.4, -0.2) is 5.97 Å². The van der Waals surface area contributed by atoms with Crippen LogP contribution in [0.25, 0.3) is 0 Å². The van der Waals surface area contributed by atoms with Crippen molar-refractivity contribution in [3.63, 3.8) is 0 Å². The summed E-state index contributed by atoms with van der Waals surface area (Å²) in [5, 5.41) is 10.3. The molecule has 0 spiro atoms. The Labute approximate surface area is 62.2 Å². The van der Waals surface area contributed by atoms with E-state index in [0.29, 0.717) is 0 Å². The summed E-state index contributed by atoms with van der Waals surface area (Å²) >= 11 is 0. The fourth-order valence-corrected chi connectivity index (χ4v) is 0.938. The Balaban J connectivity index is 3.69. The molecule has 0 fully saturated rings. The molecule has 2 heteroatoms. The van der Waals surface area contributed by atoms with E-state index in [1.165, 1.54) is 0 Å². The third-order valence-corrected chi connectivity index (χ3v) is 1.97. The Bertz CT molecular complexity index is 110. The molecule has 0 aromatic rings. The SMILES string of the molecule is CCCC(C)C(C)C([O])=O. The lowest BCUT2D eigenvalue weighted by atomic mass is 9.92. The molecule has 0 aliphatic carbocycles. The van der Waals surface area contributed by atoms with Gasteiger partial charge in [-0.2, -0.15) is 0 Å². The maximum absolute atomic E-state index is 10.3. The van der Waals surface area contributed by atoms with Crippen LogP contribution < -0.4 is 0 Å². The summed E-state index contributed by atoms with van der Waals surface area (Å²) in [5.74, 6) is -0.990. The highest BCUT2D eigenvalue weighted by molar-refractivity contribution is 5.69. The largest absolute Gasteiger partial charge is 0.358 e. The Morgan fingerprint density at radius 2 is 1.90 bits per heavy atom. The van der Waals surface area contributed by atoms with Gasteiger partial charge < -0.3 is 0 Å². The topological polar surface area (TPSA) is 37.0 Å². The van der Waals surface area contributed by atoms with Crippen LogP contribution in [-0.2, 0) is 9.90 Å². The van der Waals surface area contributed by atoms with Crippen LogP contribution in [0.5, 0.6) is 0 Å². The molecule has 59 valence electrons. The molecule has 2 nitrogen and oxygen atoms in total. The fraction of sp³-hybridized carbons (Fsp3) is 0.875. The van der Waals surface area contributed by atoms with E-state index >= 15 is 0 Å². The molecule has 0 saturated heterocycles. The predicted molar refractivity (Wildman–Crippen MR) is 38.9 cm³/mol. The minimum absolute atomic E-state index is 0.245. The first kappa shape index (κ1) is 9.47. The number of hydrogen-bond acceptors (Lipinski definition) is 1. The summed E-state index contributed by atoms with van der Waals surface area (Å²) in [6.07, 6.45) is 2.01. The molecule has 10 heavy (non-hydrogen) atoms. The highest BCUT2D eigenvalue weighted by Gasteiger charge is 2.19. The number of rotatable bonds is 4. The lowest BCUT2D eigenvalue weighted by Gasteiger charge is -2.12. The zero-order valence-electron chi connectivity index (χ0n) is 6.89. The van der Waals surface area contributed by atoms with Crippen LogP contribution in [0.3, 0.4) is 0 Å². The van der Waals surface area contributed by atoms with Gasteiger partial charge in [0.1, 0.15) is 0 Å². The molecule has 0 aliphatic rings. The molecular weight excluding hydrogens is 128 g/mol. The Morgan fingerprint density at radius 3 is 2.20 bits per heavy atom. The van der Waals surface area contributed by atoms with E-state index in [2.05, 4.69) is 6.92 Å². The van der Waals surface area contributed by atoms with Gasteiger partial charge in [-0.15, -0.1) is 0 Å². The maximum Gasteiger partial charge on any atom is 0.358 e. The van der Waals surface area contributed by atoms with Gasteiger partial charge in [-0.05, 0) is 5.92 Å². The maximum atomic E-state index is 10.3. The van der Waals surface area contributed by atoms with Crippen molar-refractivity contribution >= 4 is 5.97 Å². The first-order valence-electron chi connectivity index (χ1n) is 3.80. The summed E-state index contributed by atoms with van der Waals surface area (Å²) in [5.41, 5.74) is 0. The lowest BCUT2D eigenvalue weighted by molar-refractivity contribution is -0.149. The van der Waals surface area contributed by atoms with Crippen LogP contribution in [0, 0.1) is 11.8 Å². The first-order valence-corrected chi connectivity index (χ1v) is 3.80. The number of carbonyl (C=O) groups excluding carboxylic acids is 1. The second-order valence-corrected chi connectivity index (χ2v) is 2.87. The van der Waals surface area contributed by atoms with E-state index in [1.54, 1.807) is 6.92 Å². The second-order valence-electron chi connectivity index (χ2n) is 2.87. The van der Waals surface area contributed by atoms with E-state index in [0.717, 1.165) is 12.8 Å². The summed E-state index contributed by atoms with van der Waals surface area (Å²) in [7, 11) is 0. The minimum Gasteiger partial charge on any atom is -0.247 e. The zero-order valence-corrected chi connectivity index (χ0v) is 6.89. The summed E-state index contributed by atoms with van der Waals surface area (Å²) < 4.78 is 0. The highest BCUT2D eigenvalue weighted by atomic mass is 16.4. The van der Waals surface area contributed by atoms with Crippen LogP contribution in [0.15, 0.2) is 0 Å². The monoisotopic (exact) mass is 143 g/mol. The van der Waals surface area contributed by atoms with E-state index < -0.39 is 5.97 Å². The van der Waals surface area contributed by atoms with Gasteiger partial charge in [-0.3, -0.25) is 0 Å². The quantitative estimate of drug-likeness (QED) is 0.593. The minimum atomic E-state index is -0.930. The molecule has 0 saturated carbocycles. The van der Waals surface area contributed by atoms with E-state index in [9.17, 15) is 9.90 Å². The van der Waals surface area contributed by atoms with Crippen molar-refractivity contribution in [2.45, 2.75) is 33.6 Å². The predicted octanol–water partition coefficient (Wildman–Crippen LogP) is 2.02. The molecule has 0 aliphatic heterocycles. The van der Waals surface area contributed by atoms with Crippen LogP contribution in [0.1, 0.15) is 33.6 Å². The third kappa shape index (κ3) is 2.85. The van der Waals surface area contributed by atoms with Crippen LogP contribution in [0.2, 0.25) is 0 Å². The van der Waals surface area contributed by atoms with Crippen molar-refractivity contribution in [1.29, 1.82) is 0 Å². The molecule has 0 N–H and O–H groups in total. The first-order chi connectivity index (χ1) is 4.59. The van der Waals surface area contributed by atoms with Crippen LogP contribution >= 0.6 is 0 Å². The van der Waals surface area contributed by atoms with Gasteiger partial charge in [0.25, 0.3) is 0 Å². The normalized spacial score (nSPS) is 16.3. The molecule has 0 heterocycles. The fourth-order valence-electron chi connectivity index (χ4n) is 0.938. The standard InChI is InChI=1S/C8H15O2/c1-4-5-6(2)7(3)8(9)10/h6-7H,4-5H2,1-3H3. The van der Waals surface area contributed by atoms with Crippen molar-refractivity contribution in [3.8, 4) is 0 Å². The van der Waals surface area contributed by atoms with Gasteiger partial charge in [0.2, 0.25) is 0 Å². The van der Waals surface area contributed by atoms with E-state index in [-0.39, 0.29) is 11.8 Å². The molecular formula is C8H15O2. The van der Waals surface area contributed by atoms with Crippen molar-refractivity contribution in [2.24, 2.45) is 11.8 Å². The Hall–Kier alpha value is -0.530. The summed E-state index contributed by atoms with van der Waals surface area (Å²) in [4.78, 5) is 10.3. The van der Waals surface area contributed by atoms with Crippen molar-refractivity contribution in [3.05, 3.63) is 0 Å². The average molecular weight is 143 g/mol. The van der Waals surface area contributed by atoms with Gasteiger partial charge in [-0.25, -0.2) is 9.90 Å². The van der Waals surface area contributed by atoms with Crippen molar-refractivity contribution < 1.29 is 9.90 Å². The van der Waals surface area contributed by atoms with Gasteiger partial charge >= 0.3 is 5.97 Å².